The molecule has 2 rings (SSSR count). The van der Waals surface area contributed by atoms with E-state index >= 15 is 0 Å². The van der Waals surface area contributed by atoms with E-state index < -0.39 is 0 Å². The van der Waals surface area contributed by atoms with Crippen molar-refractivity contribution < 1.29 is 0 Å². The van der Waals surface area contributed by atoms with Gasteiger partial charge < -0.3 is 10.2 Å². The highest BCUT2D eigenvalue weighted by atomic mass is 15.2. The molecule has 0 radical (unpaired) electrons. The smallest absolute Gasteiger partial charge is 0.133 e. The highest BCUT2D eigenvalue weighted by Gasteiger charge is 2.13. The van der Waals surface area contributed by atoms with Crippen LogP contribution in [0.5, 0.6) is 0 Å². The zero-order chi connectivity index (χ0) is 14.7. The third-order valence-electron chi connectivity index (χ3n) is 3.35. The molecule has 0 spiro atoms. The summed E-state index contributed by atoms with van der Waals surface area (Å²) < 4.78 is 1.83. The summed E-state index contributed by atoms with van der Waals surface area (Å²) >= 11 is 0. The van der Waals surface area contributed by atoms with Gasteiger partial charge in [-0.05, 0) is 32.5 Å². The summed E-state index contributed by atoms with van der Waals surface area (Å²) in [6.45, 7) is 5.81. The molecule has 0 aliphatic heterocycles. The van der Waals surface area contributed by atoms with Crippen molar-refractivity contribution in [2.24, 2.45) is 7.05 Å². The number of nitrogens with zero attached hydrogens (tertiary/aromatic N) is 4. The first-order valence-corrected chi connectivity index (χ1v) is 6.81. The van der Waals surface area contributed by atoms with Crippen LogP contribution in [0.1, 0.15) is 22.4 Å². The van der Waals surface area contributed by atoms with E-state index in [9.17, 15) is 0 Å². The Morgan fingerprint density at radius 1 is 1.35 bits per heavy atom. The fourth-order valence-corrected chi connectivity index (χ4v) is 2.46. The molecule has 2 heterocycles. The molecule has 0 bridgehead atoms. The molecule has 2 aromatic rings. The summed E-state index contributed by atoms with van der Waals surface area (Å²) in [5.41, 5.74) is 4.77. The van der Waals surface area contributed by atoms with Gasteiger partial charge in [0.1, 0.15) is 5.82 Å². The van der Waals surface area contributed by atoms with Gasteiger partial charge >= 0.3 is 0 Å². The van der Waals surface area contributed by atoms with Crippen LogP contribution in [-0.4, -0.2) is 28.9 Å². The first-order chi connectivity index (χ1) is 9.51. The van der Waals surface area contributed by atoms with Crippen molar-refractivity contribution >= 4 is 5.82 Å². The SMILES string of the molecule is CNCc1c(C)cc(C)nc1N(C)Cc1cnn(C)c1. The van der Waals surface area contributed by atoms with E-state index in [1.807, 2.05) is 38.1 Å². The summed E-state index contributed by atoms with van der Waals surface area (Å²) in [6, 6.07) is 2.13. The number of pyridine rings is 1. The van der Waals surface area contributed by atoms with Crippen molar-refractivity contribution in [1.82, 2.24) is 20.1 Å². The molecular weight excluding hydrogens is 250 g/mol. The Morgan fingerprint density at radius 2 is 2.10 bits per heavy atom. The van der Waals surface area contributed by atoms with Crippen LogP contribution >= 0.6 is 0 Å². The number of anilines is 1. The number of aromatic nitrogens is 3. The van der Waals surface area contributed by atoms with Gasteiger partial charge in [0.15, 0.2) is 0 Å². The zero-order valence-corrected chi connectivity index (χ0v) is 12.9. The zero-order valence-electron chi connectivity index (χ0n) is 12.9. The van der Waals surface area contributed by atoms with Crippen molar-refractivity contribution in [3.05, 3.63) is 40.8 Å². The highest BCUT2D eigenvalue weighted by Crippen LogP contribution is 2.23. The van der Waals surface area contributed by atoms with Crippen molar-refractivity contribution in [2.45, 2.75) is 26.9 Å². The van der Waals surface area contributed by atoms with Crippen molar-refractivity contribution in [3.8, 4) is 0 Å². The van der Waals surface area contributed by atoms with E-state index in [4.69, 9.17) is 4.98 Å². The van der Waals surface area contributed by atoms with Gasteiger partial charge in [0.2, 0.25) is 0 Å². The summed E-state index contributed by atoms with van der Waals surface area (Å²) in [7, 11) is 5.97. The van der Waals surface area contributed by atoms with Crippen LogP contribution in [0.25, 0.3) is 0 Å². The largest absolute Gasteiger partial charge is 0.355 e. The maximum atomic E-state index is 4.71. The quantitative estimate of drug-likeness (QED) is 0.902. The molecule has 20 heavy (non-hydrogen) atoms. The predicted molar refractivity (Wildman–Crippen MR) is 81.8 cm³/mol. The van der Waals surface area contributed by atoms with Crippen molar-refractivity contribution in [1.29, 1.82) is 0 Å². The summed E-state index contributed by atoms with van der Waals surface area (Å²) in [5.74, 6) is 1.04. The molecule has 0 fully saturated rings. The fourth-order valence-electron chi connectivity index (χ4n) is 2.46. The van der Waals surface area contributed by atoms with Gasteiger partial charge in [-0.2, -0.15) is 5.10 Å². The second-order valence-electron chi connectivity index (χ2n) is 5.29. The predicted octanol–water partition coefficient (Wildman–Crippen LogP) is 1.79. The highest BCUT2D eigenvalue weighted by molar-refractivity contribution is 5.51. The molecule has 0 saturated heterocycles. The molecule has 2 aromatic heterocycles. The van der Waals surface area contributed by atoms with Gasteiger partial charge in [0.05, 0.1) is 6.20 Å². The van der Waals surface area contributed by atoms with Crippen molar-refractivity contribution in [3.63, 3.8) is 0 Å². The molecule has 0 aromatic carbocycles. The number of nitrogens with one attached hydrogen (secondary N) is 1. The molecule has 0 atom stereocenters. The Bertz CT molecular complexity index is 588. The van der Waals surface area contributed by atoms with Gasteiger partial charge in [0.25, 0.3) is 0 Å². The number of aryl methyl sites for hydroxylation is 3. The Kier molecular flexibility index (Phi) is 4.39. The minimum atomic E-state index is 0.806. The van der Waals surface area contributed by atoms with Crippen LogP contribution in [0, 0.1) is 13.8 Å². The minimum absolute atomic E-state index is 0.806. The van der Waals surface area contributed by atoms with Gasteiger partial charge in [-0.15, -0.1) is 0 Å². The Morgan fingerprint density at radius 3 is 2.70 bits per heavy atom. The third kappa shape index (κ3) is 3.17. The van der Waals surface area contributed by atoms with Gasteiger partial charge in [0, 0.05) is 50.2 Å². The van der Waals surface area contributed by atoms with Gasteiger partial charge in [-0.1, -0.05) is 0 Å². The molecular formula is C15H23N5. The monoisotopic (exact) mass is 273 g/mol. The maximum absolute atomic E-state index is 4.71. The summed E-state index contributed by atoms with van der Waals surface area (Å²) in [5, 5.41) is 7.44. The van der Waals surface area contributed by atoms with Crippen LogP contribution in [0.3, 0.4) is 0 Å². The molecule has 0 saturated carbocycles. The lowest BCUT2D eigenvalue weighted by Crippen LogP contribution is -2.22. The van der Waals surface area contributed by atoms with Gasteiger partial charge in [-0.25, -0.2) is 4.98 Å². The average molecular weight is 273 g/mol. The van der Waals surface area contributed by atoms with E-state index in [0.717, 1.165) is 24.6 Å². The first-order valence-electron chi connectivity index (χ1n) is 6.81. The van der Waals surface area contributed by atoms with E-state index in [1.54, 1.807) is 0 Å². The van der Waals surface area contributed by atoms with Gasteiger partial charge in [-0.3, -0.25) is 4.68 Å². The van der Waals surface area contributed by atoms with Crippen LogP contribution in [0.15, 0.2) is 18.5 Å². The lowest BCUT2D eigenvalue weighted by atomic mass is 10.1. The number of hydrogen-bond acceptors (Lipinski definition) is 4. The topological polar surface area (TPSA) is 46.0 Å². The first kappa shape index (κ1) is 14.5. The number of hydrogen-bond donors (Lipinski definition) is 1. The van der Waals surface area contributed by atoms with E-state index in [-0.39, 0.29) is 0 Å². The van der Waals surface area contributed by atoms with Crippen LogP contribution in [0.2, 0.25) is 0 Å². The standard InChI is InChI=1S/C15H23N5/c1-11-6-12(2)18-15(14(11)8-16-3)19(4)9-13-7-17-20(5)10-13/h6-7,10,16H,8-9H2,1-5H3. The summed E-state index contributed by atoms with van der Waals surface area (Å²) in [6.07, 6.45) is 3.94. The molecule has 108 valence electrons. The fraction of sp³-hybridized carbons (Fsp3) is 0.467. The second-order valence-corrected chi connectivity index (χ2v) is 5.29. The van der Waals surface area contributed by atoms with E-state index in [1.165, 1.54) is 16.7 Å². The summed E-state index contributed by atoms with van der Waals surface area (Å²) in [4.78, 5) is 6.90. The lowest BCUT2D eigenvalue weighted by Gasteiger charge is -2.22. The van der Waals surface area contributed by atoms with Crippen LogP contribution in [0.4, 0.5) is 5.82 Å². The normalized spacial score (nSPS) is 10.8. The van der Waals surface area contributed by atoms with Crippen LogP contribution < -0.4 is 10.2 Å². The molecule has 0 unspecified atom stereocenters. The minimum Gasteiger partial charge on any atom is -0.355 e. The van der Waals surface area contributed by atoms with Crippen LogP contribution in [-0.2, 0) is 20.1 Å². The Balaban J connectivity index is 2.30. The molecule has 0 aliphatic rings. The average Bonchev–Trinajstić information content (AvgIpc) is 2.77. The second kappa shape index (κ2) is 6.05. The third-order valence-corrected chi connectivity index (χ3v) is 3.35. The van der Waals surface area contributed by atoms with Crippen molar-refractivity contribution in [2.75, 3.05) is 19.0 Å². The number of rotatable bonds is 5. The van der Waals surface area contributed by atoms with E-state index in [2.05, 4.69) is 35.4 Å². The molecule has 1 N–H and O–H groups in total. The molecule has 5 heteroatoms. The molecule has 0 aliphatic carbocycles. The lowest BCUT2D eigenvalue weighted by molar-refractivity contribution is 0.765. The Hall–Kier alpha value is -1.88. The Labute approximate surface area is 120 Å². The van der Waals surface area contributed by atoms with E-state index in [0.29, 0.717) is 0 Å². The molecule has 5 nitrogen and oxygen atoms in total. The molecule has 0 amide bonds. The maximum Gasteiger partial charge on any atom is 0.133 e.